The molecular weight excluding hydrogens is 176 g/mol. The van der Waals surface area contributed by atoms with Crippen molar-refractivity contribution in [3.8, 4) is 5.75 Å². The molecule has 0 aliphatic rings. The van der Waals surface area contributed by atoms with E-state index in [1.54, 1.807) is 6.92 Å². The first kappa shape index (κ1) is 8.75. The van der Waals surface area contributed by atoms with Gasteiger partial charge in [0.15, 0.2) is 5.75 Å². The molecule has 0 fully saturated rings. The average Bonchev–Trinajstić information content (AvgIpc) is 2.28. The van der Waals surface area contributed by atoms with Crippen molar-refractivity contribution in [3.05, 3.63) is 52.2 Å². The van der Waals surface area contributed by atoms with Crippen molar-refractivity contribution in [2.75, 3.05) is 0 Å². The molecule has 0 heterocycles. The van der Waals surface area contributed by atoms with Crippen molar-refractivity contribution in [2.45, 2.75) is 6.92 Å². The molecule has 0 aromatic heterocycles. The highest BCUT2D eigenvalue weighted by atomic mass is 16.3. The molecule has 0 aliphatic carbocycles. The van der Waals surface area contributed by atoms with E-state index in [9.17, 15) is 9.90 Å². The first-order valence-corrected chi connectivity index (χ1v) is 4.41. The molecule has 2 rings (SSSR count). The molecule has 0 unspecified atom stereocenters. The first-order valence-electron chi connectivity index (χ1n) is 4.41. The third kappa shape index (κ3) is 1.35. The lowest BCUT2D eigenvalue weighted by Crippen LogP contribution is -1.94. The lowest BCUT2D eigenvalue weighted by atomic mass is 10.2. The maximum absolute atomic E-state index is 11.4. The Labute approximate surface area is 81.4 Å². The minimum atomic E-state index is -0.330. The molecule has 0 bridgehead atoms. The topological polar surface area (TPSA) is 37.3 Å². The van der Waals surface area contributed by atoms with E-state index in [0.29, 0.717) is 5.56 Å². The number of hydrogen-bond donors (Lipinski definition) is 1. The molecule has 14 heavy (non-hydrogen) atoms. The monoisotopic (exact) mass is 186 g/mol. The summed E-state index contributed by atoms with van der Waals surface area (Å²) in [5.74, 6) is -0.166. The Hall–Kier alpha value is -1.83. The van der Waals surface area contributed by atoms with Gasteiger partial charge in [-0.3, -0.25) is 4.79 Å². The number of aryl methyl sites for hydroxylation is 1. The summed E-state index contributed by atoms with van der Waals surface area (Å²) in [6.07, 6.45) is 0. The number of fused-ring (bicyclic) bond motifs is 1. The molecule has 2 heteroatoms. The Morgan fingerprint density at radius 3 is 2.29 bits per heavy atom. The van der Waals surface area contributed by atoms with E-state index in [-0.39, 0.29) is 11.2 Å². The van der Waals surface area contributed by atoms with Crippen LogP contribution in [0.25, 0.3) is 10.8 Å². The molecule has 2 aromatic carbocycles. The van der Waals surface area contributed by atoms with Crippen LogP contribution in [0, 0.1) is 6.92 Å². The Morgan fingerprint density at radius 2 is 1.64 bits per heavy atom. The van der Waals surface area contributed by atoms with Crippen LogP contribution in [0.15, 0.2) is 41.2 Å². The number of aromatic hydroxyl groups is 1. The van der Waals surface area contributed by atoms with Gasteiger partial charge in [0.1, 0.15) is 0 Å². The molecule has 0 amide bonds. The molecule has 0 radical (unpaired) electrons. The predicted octanol–water partition coefficient (Wildman–Crippen LogP) is 2.21. The van der Waals surface area contributed by atoms with Crippen molar-refractivity contribution in [2.24, 2.45) is 0 Å². The van der Waals surface area contributed by atoms with Gasteiger partial charge in [-0.05, 0) is 35.4 Å². The van der Waals surface area contributed by atoms with Crippen LogP contribution in [0.5, 0.6) is 5.75 Å². The minimum absolute atomic E-state index is 0.166. The van der Waals surface area contributed by atoms with Crippen molar-refractivity contribution in [1.29, 1.82) is 0 Å². The van der Waals surface area contributed by atoms with Gasteiger partial charge in [0.25, 0.3) is 0 Å². The van der Waals surface area contributed by atoms with Crippen molar-refractivity contribution in [3.63, 3.8) is 0 Å². The van der Waals surface area contributed by atoms with Crippen LogP contribution >= 0.6 is 0 Å². The summed E-state index contributed by atoms with van der Waals surface area (Å²) in [5, 5.41) is 11.3. The second kappa shape index (κ2) is 3.14. The highest BCUT2D eigenvalue weighted by molar-refractivity contribution is 5.82. The Bertz CT molecular complexity index is 544. The minimum Gasteiger partial charge on any atom is -0.504 e. The zero-order valence-electron chi connectivity index (χ0n) is 7.82. The summed E-state index contributed by atoms with van der Waals surface area (Å²) >= 11 is 0. The zero-order chi connectivity index (χ0) is 10.1. The van der Waals surface area contributed by atoms with Crippen LogP contribution in [0.1, 0.15) is 5.56 Å². The fraction of sp³-hybridized carbons (Fsp3) is 0.0833. The van der Waals surface area contributed by atoms with Crippen molar-refractivity contribution in [1.82, 2.24) is 0 Å². The fourth-order valence-corrected chi connectivity index (χ4v) is 1.48. The van der Waals surface area contributed by atoms with Crippen molar-refractivity contribution < 1.29 is 5.11 Å². The molecular formula is C12H10O2. The average molecular weight is 186 g/mol. The lowest BCUT2D eigenvalue weighted by molar-refractivity contribution is 0.467. The Kier molecular flexibility index (Phi) is 1.97. The molecule has 70 valence electrons. The summed E-state index contributed by atoms with van der Waals surface area (Å²) in [4.78, 5) is 11.4. The second-order valence-electron chi connectivity index (χ2n) is 3.31. The molecule has 0 spiro atoms. The van der Waals surface area contributed by atoms with E-state index in [4.69, 9.17) is 0 Å². The number of benzene rings is 1. The standard InChI is InChI=1S/C12H10O2/c1-8-6-9-4-2-3-5-10(9)7-11(13)12(8)14/h2-7H,1H3,(H,13,14). The third-order valence-electron chi connectivity index (χ3n) is 2.26. The van der Waals surface area contributed by atoms with Gasteiger partial charge in [0.05, 0.1) is 0 Å². The number of hydrogen-bond acceptors (Lipinski definition) is 2. The van der Waals surface area contributed by atoms with Gasteiger partial charge in [0, 0.05) is 0 Å². The van der Waals surface area contributed by atoms with Gasteiger partial charge < -0.3 is 5.11 Å². The molecule has 2 aromatic rings. The van der Waals surface area contributed by atoms with Crippen molar-refractivity contribution >= 4 is 10.8 Å². The fourth-order valence-electron chi connectivity index (χ4n) is 1.48. The summed E-state index contributed by atoms with van der Waals surface area (Å²) in [5.41, 5.74) is 0.278. The van der Waals surface area contributed by atoms with Gasteiger partial charge in [0.2, 0.25) is 5.43 Å². The van der Waals surface area contributed by atoms with Crippen LogP contribution in [-0.2, 0) is 0 Å². The summed E-state index contributed by atoms with van der Waals surface area (Å²) in [7, 11) is 0. The molecule has 0 aliphatic heterocycles. The van der Waals surface area contributed by atoms with E-state index < -0.39 is 0 Å². The third-order valence-corrected chi connectivity index (χ3v) is 2.26. The number of rotatable bonds is 0. The maximum Gasteiger partial charge on any atom is 0.221 e. The first-order chi connectivity index (χ1) is 6.68. The van der Waals surface area contributed by atoms with Crippen LogP contribution < -0.4 is 5.43 Å². The summed E-state index contributed by atoms with van der Waals surface area (Å²) in [6, 6.07) is 10.8. The summed E-state index contributed by atoms with van der Waals surface area (Å²) < 4.78 is 0. The quantitative estimate of drug-likeness (QED) is 0.684. The largest absolute Gasteiger partial charge is 0.504 e. The maximum atomic E-state index is 11.4. The zero-order valence-corrected chi connectivity index (χ0v) is 7.82. The molecule has 0 atom stereocenters. The predicted molar refractivity (Wildman–Crippen MR) is 56.6 cm³/mol. The van der Waals surface area contributed by atoms with Gasteiger partial charge in [-0.15, -0.1) is 0 Å². The highest BCUT2D eigenvalue weighted by Crippen LogP contribution is 2.16. The van der Waals surface area contributed by atoms with E-state index in [2.05, 4.69) is 0 Å². The van der Waals surface area contributed by atoms with Gasteiger partial charge >= 0.3 is 0 Å². The second-order valence-corrected chi connectivity index (χ2v) is 3.31. The van der Waals surface area contributed by atoms with E-state index in [0.717, 1.165) is 10.8 Å². The van der Waals surface area contributed by atoms with Gasteiger partial charge in [-0.25, -0.2) is 0 Å². The van der Waals surface area contributed by atoms with Crippen LogP contribution in [0.4, 0.5) is 0 Å². The van der Waals surface area contributed by atoms with Crippen LogP contribution in [0.2, 0.25) is 0 Å². The van der Waals surface area contributed by atoms with Crippen LogP contribution in [-0.4, -0.2) is 5.11 Å². The normalized spacial score (nSPS) is 10.4. The Balaban J connectivity index is 3.02. The molecule has 0 saturated heterocycles. The van der Waals surface area contributed by atoms with Gasteiger partial charge in [-0.2, -0.15) is 0 Å². The van der Waals surface area contributed by atoms with Gasteiger partial charge in [-0.1, -0.05) is 24.3 Å². The highest BCUT2D eigenvalue weighted by Gasteiger charge is 2.00. The van der Waals surface area contributed by atoms with Crippen LogP contribution in [0.3, 0.4) is 0 Å². The summed E-state index contributed by atoms with van der Waals surface area (Å²) in [6.45, 7) is 1.73. The Morgan fingerprint density at radius 1 is 1.07 bits per heavy atom. The molecule has 2 nitrogen and oxygen atoms in total. The smallest absolute Gasteiger partial charge is 0.221 e. The molecule has 1 N–H and O–H groups in total. The molecule has 0 saturated carbocycles. The lowest BCUT2D eigenvalue weighted by Gasteiger charge is -1.90. The SMILES string of the molecule is Cc1cc2ccccc2cc(=O)c1O. The van der Waals surface area contributed by atoms with E-state index >= 15 is 0 Å². The van der Waals surface area contributed by atoms with E-state index in [1.807, 2.05) is 30.3 Å². The van der Waals surface area contributed by atoms with E-state index in [1.165, 1.54) is 6.07 Å².